The zero-order chi connectivity index (χ0) is 11.8. The molecule has 1 saturated carbocycles. The third-order valence-corrected chi connectivity index (χ3v) is 5.19. The summed E-state index contributed by atoms with van der Waals surface area (Å²) in [5.74, 6) is 0.175. The van der Waals surface area contributed by atoms with Crippen molar-refractivity contribution in [1.29, 1.82) is 5.26 Å². The smallest absolute Gasteiger partial charge is 0.249 e. The van der Waals surface area contributed by atoms with Crippen LogP contribution in [0.3, 0.4) is 0 Å². The highest BCUT2D eigenvalue weighted by atomic mass is 32.2. The average molecular weight is 257 g/mol. The number of aromatic nitrogens is 1. The van der Waals surface area contributed by atoms with Crippen molar-refractivity contribution < 1.29 is 8.42 Å². The first-order valence-electron chi connectivity index (χ1n) is 4.87. The van der Waals surface area contributed by atoms with Crippen LogP contribution in [0.15, 0.2) is 10.4 Å². The molecule has 16 heavy (non-hydrogen) atoms. The van der Waals surface area contributed by atoms with E-state index in [0.29, 0.717) is 5.01 Å². The molecule has 0 aliphatic heterocycles. The predicted molar refractivity (Wildman–Crippen MR) is 59.3 cm³/mol. The van der Waals surface area contributed by atoms with Crippen molar-refractivity contribution in [1.82, 2.24) is 9.71 Å². The number of rotatable bonds is 4. The Balaban J connectivity index is 2.17. The van der Waals surface area contributed by atoms with Crippen LogP contribution < -0.4 is 4.72 Å². The van der Waals surface area contributed by atoms with Gasteiger partial charge in [0.1, 0.15) is 6.04 Å². The number of nitriles is 1. The molecule has 1 aliphatic rings. The Morgan fingerprint density at radius 2 is 2.38 bits per heavy atom. The van der Waals surface area contributed by atoms with E-state index >= 15 is 0 Å². The molecule has 0 bridgehead atoms. The molecule has 1 aliphatic carbocycles. The number of hydrogen-bond donors (Lipinski definition) is 1. The maximum atomic E-state index is 11.9. The summed E-state index contributed by atoms with van der Waals surface area (Å²) in [5.41, 5.74) is 0. The molecular weight excluding hydrogens is 246 g/mol. The van der Waals surface area contributed by atoms with E-state index in [2.05, 4.69) is 9.71 Å². The van der Waals surface area contributed by atoms with Crippen molar-refractivity contribution in [2.45, 2.75) is 30.0 Å². The van der Waals surface area contributed by atoms with Gasteiger partial charge in [0.2, 0.25) is 0 Å². The van der Waals surface area contributed by atoms with Gasteiger partial charge in [-0.1, -0.05) is 0 Å². The number of nitrogens with zero attached hydrogens (tertiary/aromatic N) is 2. The molecule has 0 aromatic carbocycles. The third kappa shape index (κ3) is 2.40. The van der Waals surface area contributed by atoms with Gasteiger partial charge in [0.15, 0.2) is 4.21 Å². The Morgan fingerprint density at radius 3 is 2.81 bits per heavy atom. The van der Waals surface area contributed by atoms with Gasteiger partial charge in [-0.2, -0.15) is 9.98 Å². The van der Waals surface area contributed by atoms with Crippen LogP contribution in [0.4, 0.5) is 0 Å². The highest BCUT2D eigenvalue weighted by Crippen LogP contribution is 2.33. The Bertz CT molecular complexity index is 525. The molecule has 2 rings (SSSR count). The van der Waals surface area contributed by atoms with Gasteiger partial charge in [-0.05, 0) is 25.7 Å². The first kappa shape index (κ1) is 11.5. The monoisotopic (exact) mass is 257 g/mol. The molecule has 7 heteroatoms. The minimum absolute atomic E-state index is 0.172. The van der Waals surface area contributed by atoms with Crippen LogP contribution in [0.25, 0.3) is 0 Å². The van der Waals surface area contributed by atoms with Crippen molar-refractivity contribution in [3.8, 4) is 6.07 Å². The van der Waals surface area contributed by atoms with Gasteiger partial charge in [-0.25, -0.2) is 13.4 Å². The van der Waals surface area contributed by atoms with Gasteiger partial charge in [-0.15, -0.1) is 11.3 Å². The first-order valence-corrected chi connectivity index (χ1v) is 7.17. The second-order valence-corrected chi connectivity index (χ2v) is 6.94. The van der Waals surface area contributed by atoms with Crippen LogP contribution in [-0.4, -0.2) is 19.4 Å². The fraction of sp³-hybridized carbons (Fsp3) is 0.556. The molecule has 0 saturated heterocycles. The maximum absolute atomic E-state index is 11.9. The normalized spacial score (nSPS) is 18.0. The van der Waals surface area contributed by atoms with Gasteiger partial charge in [0.05, 0.1) is 17.3 Å². The summed E-state index contributed by atoms with van der Waals surface area (Å²) < 4.78 is 26.3. The molecule has 0 spiro atoms. The fourth-order valence-corrected chi connectivity index (χ4v) is 3.68. The summed E-state index contributed by atoms with van der Waals surface area (Å²) in [6.07, 6.45) is 3.16. The first-order chi connectivity index (χ1) is 7.53. The van der Waals surface area contributed by atoms with Gasteiger partial charge in [0.25, 0.3) is 10.0 Å². The predicted octanol–water partition coefficient (Wildman–Crippen LogP) is 1.03. The second kappa shape index (κ2) is 4.13. The van der Waals surface area contributed by atoms with E-state index in [1.807, 2.05) is 6.07 Å². The Labute approximate surface area is 98.2 Å². The van der Waals surface area contributed by atoms with E-state index in [-0.39, 0.29) is 10.1 Å². The van der Waals surface area contributed by atoms with Crippen LogP contribution in [0.2, 0.25) is 0 Å². The molecule has 1 aromatic heterocycles. The SMILES string of the molecule is Cc1ncc(S(=O)(=O)NC(C#N)C2CC2)s1. The van der Waals surface area contributed by atoms with Crippen LogP contribution in [0.5, 0.6) is 0 Å². The van der Waals surface area contributed by atoms with Crippen molar-refractivity contribution in [2.75, 3.05) is 0 Å². The zero-order valence-corrected chi connectivity index (χ0v) is 10.3. The van der Waals surface area contributed by atoms with Gasteiger partial charge in [0, 0.05) is 0 Å². The topological polar surface area (TPSA) is 82.8 Å². The number of hydrogen-bond acceptors (Lipinski definition) is 5. The minimum Gasteiger partial charge on any atom is -0.249 e. The lowest BCUT2D eigenvalue weighted by Gasteiger charge is -2.08. The molecular formula is C9H11N3O2S2. The highest BCUT2D eigenvalue weighted by molar-refractivity contribution is 7.91. The summed E-state index contributed by atoms with van der Waals surface area (Å²) in [7, 11) is -3.57. The highest BCUT2D eigenvalue weighted by Gasteiger charge is 2.34. The van der Waals surface area contributed by atoms with E-state index in [4.69, 9.17) is 5.26 Å². The molecule has 0 radical (unpaired) electrons. The van der Waals surface area contributed by atoms with E-state index in [1.165, 1.54) is 6.20 Å². The fourth-order valence-electron chi connectivity index (χ4n) is 1.35. The summed E-state index contributed by atoms with van der Waals surface area (Å²) in [4.78, 5) is 3.89. The van der Waals surface area contributed by atoms with Gasteiger partial charge < -0.3 is 0 Å². The molecule has 1 heterocycles. The Hall–Kier alpha value is -0.970. The van der Waals surface area contributed by atoms with Crippen LogP contribution >= 0.6 is 11.3 Å². The summed E-state index contributed by atoms with van der Waals surface area (Å²) in [5, 5.41) is 9.56. The van der Waals surface area contributed by atoms with E-state index in [0.717, 1.165) is 24.2 Å². The second-order valence-electron chi connectivity index (χ2n) is 3.76. The van der Waals surface area contributed by atoms with Crippen LogP contribution in [-0.2, 0) is 10.0 Å². The molecule has 1 unspecified atom stereocenters. The quantitative estimate of drug-likeness (QED) is 0.873. The Kier molecular flexibility index (Phi) is 2.97. The van der Waals surface area contributed by atoms with Crippen LogP contribution in [0, 0.1) is 24.2 Å². The van der Waals surface area contributed by atoms with Crippen molar-refractivity contribution in [3.63, 3.8) is 0 Å². The molecule has 0 amide bonds. The largest absolute Gasteiger partial charge is 0.252 e. The number of aryl methyl sites for hydroxylation is 1. The molecule has 1 aromatic rings. The molecule has 86 valence electrons. The third-order valence-electron chi connectivity index (χ3n) is 2.38. The van der Waals surface area contributed by atoms with Crippen molar-refractivity contribution in [3.05, 3.63) is 11.2 Å². The number of thiazole rings is 1. The maximum Gasteiger partial charge on any atom is 0.252 e. The minimum atomic E-state index is -3.57. The summed E-state index contributed by atoms with van der Waals surface area (Å²) in [6, 6.07) is 1.39. The standard InChI is InChI=1S/C9H11N3O2S2/c1-6-11-5-9(15-6)16(13,14)12-8(4-10)7-2-3-7/h5,7-8,12H,2-3H2,1H3. The number of sulfonamides is 1. The van der Waals surface area contributed by atoms with E-state index in [9.17, 15) is 8.42 Å². The van der Waals surface area contributed by atoms with Gasteiger partial charge in [-0.3, -0.25) is 0 Å². The molecule has 1 fully saturated rings. The van der Waals surface area contributed by atoms with Gasteiger partial charge >= 0.3 is 0 Å². The van der Waals surface area contributed by atoms with E-state index in [1.54, 1.807) is 6.92 Å². The number of nitrogens with one attached hydrogen (secondary N) is 1. The average Bonchev–Trinajstić information content (AvgIpc) is 2.97. The zero-order valence-electron chi connectivity index (χ0n) is 8.67. The van der Waals surface area contributed by atoms with Crippen LogP contribution in [0.1, 0.15) is 17.8 Å². The summed E-state index contributed by atoms with van der Waals surface area (Å²) in [6.45, 7) is 1.74. The lowest BCUT2D eigenvalue weighted by atomic mass is 10.2. The lowest BCUT2D eigenvalue weighted by Crippen LogP contribution is -2.34. The van der Waals surface area contributed by atoms with E-state index < -0.39 is 16.1 Å². The van der Waals surface area contributed by atoms with Crippen molar-refractivity contribution >= 4 is 21.4 Å². The molecule has 1 N–H and O–H groups in total. The molecule has 5 nitrogen and oxygen atoms in total. The summed E-state index contributed by atoms with van der Waals surface area (Å²) >= 11 is 1.11. The lowest BCUT2D eigenvalue weighted by molar-refractivity contribution is 0.562. The molecule has 1 atom stereocenters. The van der Waals surface area contributed by atoms with Crippen molar-refractivity contribution in [2.24, 2.45) is 5.92 Å². The Morgan fingerprint density at radius 1 is 1.69 bits per heavy atom.